The number of rotatable bonds is 1. The van der Waals surface area contributed by atoms with Gasteiger partial charge in [-0.3, -0.25) is 4.18 Å². The summed E-state index contributed by atoms with van der Waals surface area (Å²) in [5.74, 6) is 0. The fourth-order valence-corrected chi connectivity index (χ4v) is 0.510. The van der Waals surface area contributed by atoms with Gasteiger partial charge in [0.2, 0.25) is 0 Å². The Morgan fingerprint density at radius 1 is 1.33 bits per heavy atom. The lowest BCUT2D eigenvalue weighted by molar-refractivity contribution is 0.192. The molecule has 0 saturated carbocycles. The molecule has 0 aromatic carbocycles. The summed E-state index contributed by atoms with van der Waals surface area (Å²) in [4.78, 5) is 10.1. The summed E-state index contributed by atoms with van der Waals surface area (Å²) >= 11 is 0. The minimum Gasteiger partial charge on any atom is -0.456 e. The van der Waals surface area contributed by atoms with Crippen molar-refractivity contribution in [2.24, 2.45) is 0 Å². The molecule has 0 spiro atoms. The summed E-state index contributed by atoms with van der Waals surface area (Å²) in [6.07, 6.45) is 0. The lowest BCUT2D eigenvalue weighted by Crippen LogP contribution is -2.15. The third-order valence-electron chi connectivity index (χ3n) is 0.590. The molecule has 0 saturated heterocycles. The van der Waals surface area contributed by atoms with Crippen LogP contribution in [0.1, 0.15) is 0 Å². The molecule has 0 unspecified atom stereocenters. The predicted molar refractivity (Wildman–Crippen MR) is 28.3 cm³/mol. The van der Waals surface area contributed by atoms with E-state index in [0.717, 1.165) is 14.2 Å². The molecule has 0 bridgehead atoms. The summed E-state index contributed by atoms with van der Waals surface area (Å²) < 4.78 is 28.1. The van der Waals surface area contributed by atoms with Crippen molar-refractivity contribution in [2.75, 3.05) is 14.2 Å². The van der Waals surface area contributed by atoms with E-state index in [1.165, 1.54) is 0 Å². The molecule has 0 aliphatic heterocycles. The molecular weight excluding hydrogens is 148 g/mol. The first kappa shape index (κ1) is 8.38. The van der Waals surface area contributed by atoms with Gasteiger partial charge in [0.05, 0.1) is 14.2 Å². The Hall–Kier alpha value is -0.620. The van der Waals surface area contributed by atoms with Crippen LogP contribution in [0.2, 0.25) is 0 Å². The van der Waals surface area contributed by atoms with Crippen molar-refractivity contribution in [3.8, 4) is 0 Å². The smallest absolute Gasteiger partial charge is 0.451 e. The molecule has 5 nitrogen and oxygen atoms in total. The summed E-state index contributed by atoms with van der Waals surface area (Å²) in [5, 5.41) is -1.38. The van der Waals surface area contributed by atoms with E-state index in [2.05, 4.69) is 8.92 Å². The van der Waals surface area contributed by atoms with E-state index < -0.39 is 15.4 Å². The fraction of sp³-hybridized carbons (Fsp3) is 0.667. The summed E-state index contributed by atoms with van der Waals surface area (Å²) in [5.41, 5.74) is 0. The van der Waals surface area contributed by atoms with Gasteiger partial charge in [-0.2, -0.15) is 8.42 Å². The van der Waals surface area contributed by atoms with E-state index in [9.17, 15) is 13.2 Å². The molecule has 0 N–H and O–H groups in total. The van der Waals surface area contributed by atoms with Gasteiger partial charge in [-0.25, -0.2) is 4.79 Å². The van der Waals surface area contributed by atoms with Gasteiger partial charge in [0.1, 0.15) is 0 Å². The van der Waals surface area contributed by atoms with Crippen LogP contribution in [0, 0.1) is 0 Å². The predicted octanol–water partition coefficient (Wildman–Crippen LogP) is -0.271. The lowest BCUT2D eigenvalue weighted by Gasteiger charge is -1.95. The summed E-state index contributed by atoms with van der Waals surface area (Å²) in [6.45, 7) is 0. The Bertz CT molecular complexity index is 190. The molecule has 6 heteroatoms. The standard InChI is InChI=1S/C3H6O5S/c1-7-3(4)9(5,6)8-2/h1-2H3. The van der Waals surface area contributed by atoms with E-state index in [0.29, 0.717) is 0 Å². The maximum atomic E-state index is 10.2. The molecule has 9 heavy (non-hydrogen) atoms. The monoisotopic (exact) mass is 154 g/mol. The van der Waals surface area contributed by atoms with Gasteiger partial charge in [-0.1, -0.05) is 0 Å². The van der Waals surface area contributed by atoms with Gasteiger partial charge >= 0.3 is 15.4 Å². The number of hydrogen-bond acceptors (Lipinski definition) is 5. The Kier molecular flexibility index (Phi) is 2.60. The molecule has 0 aromatic heterocycles. The van der Waals surface area contributed by atoms with Crippen molar-refractivity contribution < 1.29 is 22.1 Å². The van der Waals surface area contributed by atoms with E-state index in [1.807, 2.05) is 0 Å². The average Bonchev–Trinajstić information content (AvgIpc) is 1.86. The van der Waals surface area contributed by atoms with Gasteiger partial charge < -0.3 is 4.74 Å². The first-order valence-electron chi connectivity index (χ1n) is 1.93. The third kappa shape index (κ3) is 1.98. The topological polar surface area (TPSA) is 69.7 Å². The molecule has 0 radical (unpaired) electrons. The van der Waals surface area contributed by atoms with Crippen LogP contribution in [0.5, 0.6) is 0 Å². The summed E-state index contributed by atoms with van der Waals surface area (Å²) in [6, 6.07) is 0. The van der Waals surface area contributed by atoms with Gasteiger partial charge in [0.25, 0.3) is 0 Å². The molecule has 54 valence electrons. The number of carbonyl (C=O) groups is 1. The van der Waals surface area contributed by atoms with Crippen LogP contribution in [0.15, 0.2) is 0 Å². The van der Waals surface area contributed by atoms with Crippen LogP contribution >= 0.6 is 0 Å². The highest BCUT2D eigenvalue weighted by Gasteiger charge is 2.21. The zero-order valence-electron chi connectivity index (χ0n) is 4.95. The highest BCUT2D eigenvalue weighted by Crippen LogP contribution is 1.93. The van der Waals surface area contributed by atoms with Crippen molar-refractivity contribution >= 4 is 15.4 Å². The molecule has 0 fully saturated rings. The highest BCUT2D eigenvalue weighted by atomic mass is 32.2. The highest BCUT2D eigenvalue weighted by molar-refractivity contribution is 8.01. The molecule has 0 rings (SSSR count). The molecule has 0 aliphatic rings. The second-order valence-electron chi connectivity index (χ2n) is 1.07. The summed E-state index contributed by atoms with van der Waals surface area (Å²) in [7, 11) is -2.27. The first-order chi connectivity index (χ1) is 4.04. The third-order valence-corrected chi connectivity index (χ3v) is 1.60. The van der Waals surface area contributed by atoms with Crippen molar-refractivity contribution in [1.29, 1.82) is 0 Å². The number of carbonyl (C=O) groups excluding carboxylic acids is 1. The van der Waals surface area contributed by atoms with Crippen LogP contribution in [0.4, 0.5) is 4.79 Å². The zero-order valence-corrected chi connectivity index (χ0v) is 5.77. The minimum atomic E-state index is -4.11. The van der Waals surface area contributed by atoms with Crippen molar-refractivity contribution in [1.82, 2.24) is 0 Å². The largest absolute Gasteiger partial charge is 0.456 e. The maximum absolute atomic E-state index is 10.2. The van der Waals surface area contributed by atoms with E-state index in [1.54, 1.807) is 0 Å². The molecule has 0 heterocycles. The Morgan fingerprint density at radius 3 is 1.89 bits per heavy atom. The quantitative estimate of drug-likeness (QED) is 0.384. The molecule has 0 aromatic rings. The van der Waals surface area contributed by atoms with Crippen LogP contribution in [-0.2, 0) is 19.0 Å². The Balaban J connectivity index is 4.37. The second kappa shape index (κ2) is 2.79. The molecule has 0 amide bonds. The minimum absolute atomic E-state index is 0.881. The Morgan fingerprint density at radius 2 is 1.78 bits per heavy atom. The number of ether oxygens (including phenoxy) is 1. The van der Waals surface area contributed by atoms with Gasteiger partial charge in [-0.05, 0) is 0 Å². The Labute approximate surface area is 52.7 Å². The maximum Gasteiger partial charge on any atom is 0.451 e. The van der Waals surface area contributed by atoms with Gasteiger partial charge in [0.15, 0.2) is 0 Å². The van der Waals surface area contributed by atoms with Crippen molar-refractivity contribution in [3.63, 3.8) is 0 Å². The van der Waals surface area contributed by atoms with E-state index >= 15 is 0 Å². The normalized spacial score (nSPS) is 10.9. The average molecular weight is 154 g/mol. The van der Waals surface area contributed by atoms with Crippen LogP contribution < -0.4 is 0 Å². The zero-order chi connectivity index (χ0) is 7.49. The van der Waals surface area contributed by atoms with Gasteiger partial charge in [0, 0.05) is 0 Å². The molecule has 0 aliphatic carbocycles. The second-order valence-corrected chi connectivity index (χ2v) is 2.65. The number of hydrogen-bond donors (Lipinski definition) is 0. The SMILES string of the molecule is COC(=O)S(=O)(=O)OC. The van der Waals surface area contributed by atoms with Crippen LogP contribution in [0.3, 0.4) is 0 Å². The van der Waals surface area contributed by atoms with E-state index in [-0.39, 0.29) is 0 Å². The van der Waals surface area contributed by atoms with Crippen LogP contribution in [0.25, 0.3) is 0 Å². The van der Waals surface area contributed by atoms with Crippen molar-refractivity contribution in [2.45, 2.75) is 0 Å². The van der Waals surface area contributed by atoms with Crippen LogP contribution in [-0.4, -0.2) is 27.9 Å². The molecule has 0 atom stereocenters. The van der Waals surface area contributed by atoms with E-state index in [4.69, 9.17) is 0 Å². The number of methoxy groups -OCH3 is 1. The first-order valence-corrected chi connectivity index (χ1v) is 3.34. The molecular formula is C3H6O5S. The van der Waals surface area contributed by atoms with Crippen molar-refractivity contribution in [3.05, 3.63) is 0 Å². The van der Waals surface area contributed by atoms with Gasteiger partial charge in [-0.15, -0.1) is 0 Å². The fourth-order valence-electron chi connectivity index (χ4n) is 0.170. The lowest BCUT2D eigenvalue weighted by atomic mass is 11.5.